The monoisotopic (exact) mass is 777 g/mol. The predicted octanol–water partition coefficient (Wildman–Crippen LogP) is 4.09. The summed E-state index contributed by atoms with van der Waals surface area (Å²) >= 11 is 0. The highest BCUT2D eigenvalue weighted by Gasteiger charge is 2.31. The van der Waals surface area contributed by atoms with Crippen LogP contribution in [0, 0.1) is 17.8 Å². The first kappa shape index (κ1) is 42.4. The summed E-state index contributed by atoms with van der Waals surface area (Å²) in [5.41, 5.74) is -0.230. The largest absolute Gasteiger partial charge is 0.465 e. The first-order valence-corrected chi connectivity index (χ1v) is 20.2. The van der Waals surface area contributed by atoms with Crippen molar-refractivity contribution in [3.63, 3.8) is 0 Å². The van der Waals surface area contributed by atoms with Crippen LogP contribution in [0.2, 0.25) is 0 Å². The second-order valence-corrected chi connectivity index (χ2v) is 16.7. The third-order valence-electron chi connectivity index (χ3n) is 9.83. The highest BCUT2D eigenvalue weighted by Crippen LogP contribution is 2.30. The number of piperidine rings is 2. The van der Waals surface area contributed by atoms with Gasteiger partial charge in [0.1, 0.15) is 17.2 Å². The average molecular weight is 778 g/mol. The molecule has 2 saturated heterocycles. The van der Waals surface area contributed by atoms with Crippen LogP contribution in [-0.2, 0) is 33.9 Å². The molecule has 1 aromatic carbocycles. The Labute approximate surface area is 316 Å². The fraction of sp³-hybridized carbons (Fsp3) is 0.649. The molecule has 4 rings (SSSR count). The third-order valence-corrected chi connectivity index (χ3v) is 11.2. The van der Waals surface area contributed by atoms with Gasteiger partial charge in [-0.15, -0.1) is 0 Å². The van der Waals surface area contributed by atoms with E-state index in [0.717, 1.165) is 25.7 Å². The van der Waals surface area contributed by atoms with E-state index in [4.69, 9.17) is 13.9 Å². The minimum absolute atomic E-state index is 0.0192. The van der Waals surface area contributed by atoms with Crippen molar-refractivity contribution in [1.82, 2.24) is 25.2 Å². The van der Waals surface area contributed by atoms with Crippen LogP contribution in [0.5, 0.6) is 0 Å². The molecule has 1 unspecified atom stereocenters. The molecule has 4 amide bonds. The minimum atomic E-state index is -4.32. The molecule has 1 aromatic heterocycles. The first-order chi connectivity index (χ1) is 25.5. The first-order valence-electron chi connectivity index (χ1n) is 18.7. The number of hydrogen-bond donors (Lipinski definition) is 4. The molecule has 0 radical (unpaired) electrons. The number of carboxylic acid groups (broad SMARTS) is 1. The number of carbonyl (C=O) groups is 5. The van der Waals surface area contributed by atoms with E-state index in [9.17, 15) is 37.5 Å². The molecule has 54 heavy (non-hydrogen) atoms. The number of fused-ring (bicyclic) bond motifs is 1. The van der Waals surface area contributed by atoms with Gasteiger partial charge in [0.05, 0.1) is 13.2 Å². The van der Waals surface area contributed by atoms with Gasteiger partial charge in [-0.25, -0.2) is 18.0 Å². The van der Waals surface area contributed by atoms with E-state index in [1.54, 1.807) is 36.1 Å². The Morgan fingerprint density at radius 1 is 0.926 bits per heavy atom. The standard InChI is InChI=1S/C37H55N5O11S/c1-5-51-34(45)29(40-54(49,50)32-22-28-8-6-7-9-30(28)52-32)23-38-31(43)24-39-33(44)27(12-10-25-14-18-41(19-15-25)35(46)47)13-11-26-16-20-42(21-17-26)36(48)53-37(2,3)4/h6-9,22,25-27,29,40H,5,10-21,23-24H2,1-4H3,(H,38,43)(H,39,44)(H,46,47)/t27?,29-/m0/s1. The maximum atomic E-state index is 13.5. The van der Waals surface area contributed by atoms with E-state index in [1.165, 1.54) is 11.0 Å². The van der Waals surface area contributed by atoms with Crippen molar-refractivity contribution in [1.29, 1.82) is 0 Å². The Hall–Kier alpha value is -4.38. The normalized spacial score (nSPS) is 17.1. The molecule has 4 N–H and O–H groups in total. The smallest absolute Gasteiger partial charge is 0.410 e. The lowest BCUT2D eigenvalue weighted by Gasteiger charge is -2.34. The van der Waals surface area contributed by atoms with Gasteiger partial charge in [-0.2, -0.15) is 4.72 Å². The van der Waals surface area contributed by atoms with Crippen molar-refractivity contribution >= 4 is 51.0 Å². The lowest BCUT2D eigenvalue weighted by Crippen LogP contribution is -2.50. The molecule has 300 valence electrons. The number of hydrogen-bond acceptors (Lipinski definition) is 10. The molecule has 2 aromatic rings. The van der Waals surface area contributed by atoms with Gasteiger partial charge in [0.2, 0.25) is 16.9 Å². The van der Waals surface area contributed by atoms with Gasteiger partial charge in [-0.3, -0.25) is 14.4 Å². The van der Waals surface area contributed by atoms with Crippen LogP contribution >= 0.6 is 0 Å². The Balaban J connectivity index is 1.31. The minimum Gasteiger partial charge on any atom is -0.465 e. The molecule has 2 aliphatic rings. The number of nitrogens with zero attached hydrogens (tertiary/aromatic N) is 2. The van der Waals surface area contributed by atoms with E-state index in [0.29, 0.717) is 68.7 Å². The fourth-order valence-corrected chi connectivity index (χ4v) is 7.92. The van der Waals surface area contributed by atoms with Gasteiger partial charge in [-0.1, -0.05) is 18.2 Å². The highest BCUT2D eigenvalue weighted by molar-refractivity contribution is 7.89. The second kappa shape index (κ2) is 19.3. The number of nitrogens with one attached hydrogen (secondary N) is 3. The summed E-state index contributed by atoms with van der Waals surface area (Å²) < 4.78 is 44.5. The van der Waals surface area contributed by atoms with Gasteiger partial charge in [0, 0.05) is 50.1 Å². The summed E-state index contributed by atoms with van der Waals surface area (Å²) in [6, 6.07) is 6.58. The van der Waals surface area contributed by atoms with Gasteiger partial charge >= 0.3 is 18.2 Å². The number of ether oxygens (including phenoxy) is 2. The molecular formula is C37H55N5O11S. The molecule has 3 heterocycles. The summed E-state index contributed by atoms with van der Waals surface area (Å²) in [5, 5.41) is 14.7. The SMILES string of the molecule is CCOC(=O)[C@H](CNC(=O)CNC(=O)C(CCC1CCN(C(=O)O)CC1)CCC1CCN(C(=O)OC(C)(C)C)CC1)NS(=O)(=O)c1cc2ccccc2o1. The number of likely N-dealkylation sites (tertiary alicyclic amines) is 2. The van der Waals surface area contributed by atoms with Crippen molar-refractivity contribution in [2.45, 2.75) is 95.8 Å². The van der Waals surface area contributed by atoms with E-state index < -0.39 is 63.7 Å². The van der Waals surface area contributed by atoms with Crippen molar-refractivity contribution < 1.29 is 51.4 Å². The zero-order valence-corrected chi connectivity index (χ0v) is 32.5. The van der Waals surface area contributed by atoms with E-state index in [1.807, 2.05) is 20.8 Å². The van der Waals surface area contributed by atoms with E-state index in [2.05, 4.69) is 15.4 Å². The molecule has 2 atom stereocenters. The number of benzene rings is 1. The number of amides is 4. The number of furan rings is 1. The lowest BCUT2D eigenvalue weighted by molar-refractivity contribution is -0.145. The Bertz CT molecular complexity index is 1670. The fourth-order valence-electron chi connectivity index (χ4n) is 6.77. The predicted molar refractivity (Wildman–Crippen MR) is 198 cm³/mol. The van der Waals surface area contributed by atoms with Gasteiger partial charge in [0.25, 0.3) is 10.0 Å². The van der Waals surface area contributed by atoms with Crippen LogP contribution in [-0.4, -0.2) is 111 Å². The number of para-hydroxylation sites is 1. The molecule has 16 nitrogen and oxygen atoms in total. The maximum absolute atomic E-state index is 13.5. The third kappa shape index (κ3) is 12.9. The zero-order valence-electron chi connectivity index (χ0n) is 31.6. The summed E-state index contributed by atoms with van der Waals surface area (Å²) in [6.07, 6.45) is 4.38. The molecule has 2 aliphatic heterocycles. The van der Waals surface area contributed by atoms with Crippen LogP contribution in [0.15, 0.2) is 39.8 Å². The van der Waals surface area contributed by atoms with Crippen molar-refractivity contribution in [3.05, 3.63) is 30.3 Å². The molecule has 2 fully saturated rings. The molecule has 0 bridgehead atoms. The average Bonchev–Trinajstić information content (AvgIpc) is 3.58. The molecule has 0 spiro atoms. The quantitative estimate of drug-likeness (QED) is 0.178. The summed E-state index contributed by atoms with van der Waals surface area (Å²) in [6.45, 7) is 8.25. The number of carbonyl (C=O) groups excluding carboxylic acids is 4. The lowest BCUT2D eigenvalue weighted by atomic mass is 9.84. The van der Waals surface area contributed by atoms with Crippen LogP contribution in [0.3, 0.4) is 0 Å². The van der Waals surface area contributed by atoms with Crippen LogP contribution in [0.25, 0.3) is 11.0 Å². The zero-order chi connectivity index (χ0) is 39.5. The van der Waals surface area contributed by atoms with Gasteiger partial charge in [-0.05, 0) is 97.0 Å². The molecule has 17 heteroatoms. The highest BCUT2D eigenvalue weighted by atomic mass is 32.2. The number of rotatable bonds is 16. The Morgan fingerprint density at radius 2 is 1.52 bits per heavy atom. The topological polar surface area (TPSA) is 214 Å². The Morgan fingerprint density at radius 3 is 2.07 bits per heavy atom. The molecular weight excluding hydrogens is 722 g/mol. The van der Waals surface area contributed by atoms with E-state index in [-0.39, 0.29) is 24.5 Å². The molecule has 0 saturated carbocycles. The van der Waals surface area contributed by atoms with Crippen LogP contribution in [0.4, 0.5) is 9.59 Å². The van der Waals surface area contributed by atoms with Crippen molar-refractivity contribution in [2.24, 2.45) is 17.8 Å². The second-order valence-electron chi connectivity index (χ2n) is 15.0. The van der Waals surface area contributed by atoms with Crippen molar-refractivity contribution in [2.75, 3.05) is 45.9 Å². The molecule has 0 aliphatic carbocycles. The Kier molecular flexibility index (Phi) is 15.1. The van der Waals surface area contributed by atoms with Crippen LogP contribution < -0.4 is 15.4 Å². The van der Waals surface area contributed by atoms with Gasteiger partial charge < -0.3 is 39.4 Å². The van der Waals surface area contributed by atoms with E-state index >= 15 is 0 Å². The summed E-state index contributed by atoms with van der Waals surface area (Å²) in [7, 11) is -4.32. The number of esters is 1. The maximum Gasteiger partial charge on any atom is 0.410 e. The summed E-state index contributed by atoms with van der Waals surface area (Å²) in [4.78, 5) is 66.1. The number of sulfonamides is 1. The van der Waals surface area contributed by atoms with Crippen molar-refractivity contribution in [3.8, 4) is 0 Å². The summed E-state index contributed by atoms with van der Waals surface area (Å²) in [5.74, 6) is -1.64. The van der Waals surface area contributed by atoms with Gasteiger partial charge in [0.15, 0.2) is 0 Å². The van der Waals surface area contributed by atoms with Crippen LogP contribution in [0.1, 0.15) is 79.1 Å².